The fourth-order valence-electron chi connectivity index (χ4n) is 3.58. The fourth-order valence-corrected chi connectivity index (χ4v) is 3.58. The van der Waals surface area contributed by atoms with E-state index in [-0.39, 0.29) is 69.7 Å². The van der Waals surface area contributed by atoms with Gasteiger partial charge < -0.3 is 48.0 Å². The van der Waals surface area contributed by atoms with Gasteiger partial charge in [-0.25, -0.2) is 0 Å². The maximum atomic E-state index is 2.36. The Morgan fingerprint density at radius 3 is 2.50 bits per heavy atom. The van der Waals surface area contributed by atoms with E-state index in [0.717, 1.165) is 6.42 Å². The van der Waals surface area contributed by atoms with Crippen molar-refractivity contribution in [3.05, 3.63) is 71.8 Å². The van der Waals surface area contributed by atoms with Crippen molar-refractivity contribution in [2.75, 3.05) is 0 Å². The Morgan fingerprint density at radius 2 is 1.71 bits per heavy atom. The van der Waals surface area contributed by atoms with Crippen LogP contribution in [0.4, 0.5) is 0 Å². The van der Waals surface area contributed by atoms with Crippen LogP contribution in [0, 0.1) is 0 Å². The number of benzene rings is 2. The maximum Gasteiger partial charge on any atom is 3.00 e. The van der Waals surface area contributed by atoms with Gasteiger partial charge >= 0.3 is 21.7 Å². The van der Waals surface area contributed by atoms with E-state index in [0.29, 0.717) is 0 Å². The van der Waals surface area contributed by atoms with Gasteiger partial charge in [-0.2, -0.15) is 0 Å². The first kappa shape index (κ1) is 22.0. The van der Waals surface area contributed by atoms with E-state index in [1.54, 1.807) is 0 Å². The zero-order valence-electron chi connectivity index (χ0n) is 13.7. The SMILES string of the molecule is CCCC1=C(c2cccc3c2[cH-]c2ccccc23)CC=C1.[I-].[I-].[Ti+3]. The van der Waals surface area contributed by atoms with E-state index < -0.39 is 0 Å². The first-order valence-corrected chi connectivity index (χ1v) is 7.84. The van der Waals surface area contributed by atoms with E-state index in [2.05, 4.69) is 67.6 Å². The minimum Gasteiger partial charge on any atom is -1.00 e. The molecular formula is C21H19I2Ti. The van der Waals surface area contributed by atoms with Crippen molar-refractivity contribution in [3.8, 4) is 0 Å². The first-order valence-electron chi connectivity index (χ1n) is 7.84. The van der Waals surface area contributed by atoms with Crippen LogP contribution < -0.4 is 48.0 Å². The second kappa shape index (κ2) is 9.60. The van der Waals surface area contributed by atoms with Crippen molar-refractivity contribution in [3.63, 3.8) is 0 Å². The van der Waals surface area contributed by atoms with Crippen molar-refractivity contribution in [2.45, 2.75) is 26.2 Å². The predicted molar refractivity (Wildman–Crippen MR) is 92.6 cm³/mol. The van der Waals surface area contributed by atoms with Crippen LogP contribution in [-0.4, -0.2) is 0 Å². The molecule has 0 saturated carbocycles. The summed E-state index contributed by atoms with van der Waals surface area (Å²) in [5.41, 5.74) is 4.48. The van der Waals surface area contributed by atoms with E-state index >= 15 is 0 Å². The van der Waals surface area contributed by atoms with Crippen LogP contribution in [0.3, 0.4) is 0 Å². The molecule has 0 saturated heterocycles. The molecule has 1 aliphatic carbocycles. The summed E-state index contributed by atoms with van der Waals surface area (Å²) < 4.78 is 0. The van der Waals surface area contributed by atoms with Crippen molar-refractivity contribution in [1.29, 1.82) is 0 Å². The van der Waals surface area contributed by atoms with Gasteiger partial charge in [-0.05, 0) is 12.8 Å². The van der Waals surface area contributed by atoms with E-state index in [9.17, 15) is 0 Å². The van der Waals surface area contributed by atoms with Gasteiger partial charge in [0.05, 0.1) is 0 Å². The molecule has 0 aromatic heterocycles. The zero-order valence-corrected chi connectivity index (χ0v) is 19.5. The van der Waals surface area contributed by atoms with Gasteiger partial charge in [-0.15, -0.1) is 33.7 Å². The van der Waals surface area contributed by atoms with Crippen LogP contribution in [0.2, 0.25) is 0 Å². The van der Waals surface area contributed by atoms with Crippen LogP contribution in [0.5, 0.6) is 0 Å². The standard InChI is InChI=1S/C21H19.2HI.Ti/c1-2-7-15-9-5-11-17(15)19-12-6-13-20-18-10-4-3-8-16(18)14-21(19)20;;;/h3-6,8-10,12-14H,2,7,11H2,1H3;2*1H;/q-1;;;+3/p-2. The summed E-state index contributed by atoms with van der Waals surface area (Å²) in [6.45, 7) is 2.26. The minimum absolute atomic E-state index is 0. The molecule has 0 N–H and O–H groups in total. The second-order valence-corrected chi connectivity index (χ2v) is 5.86. The normalized spacial score (nSPS) is 12.9. The smallest absolute Gasteiger partial charge is 1.00 e. The van der Waals surface area contributed by atoms with Gasteiger partial charge in [0.1, 0.15) is 0 Å². The van der Waals surface area contributed by atoms with Gasteiger partial charge in [-0.3, -0.25) is 0 Å². The first-order chi connectivity index (χ1) is 10.4. The van der Waals surface area contributed by atoms with Crippen LogP contribution in [-0.2, 0) is 21.7 Å². The molecule has 3 heteroatoms. The number of rotatable bonds is 3. The fraction of sp³-hybridized carbons (Fsp3) is 0.190. The van der Waals surface area contributed by atoms with Crippen LogP contribution in [0.25, 0.3) is 27.1 Å². The summed E-state index contributed by atoms with van der Waals surface area (Å²) in [5, 5.41) is 5.52. The molecule has 0 atom stereocenters. The van der Waals surface area contributed by atoms with Crippen molar-refractivity contribution < 1.29 is 69.7 Å². The van der Waals surface area contributed by atoms with Crippen LogP contribution >= 0.6 is 0 Å². The molecule has 1 aliphatic rings. The predicted octanol–water partition coefficient (Wildman–Crippen LogP) is 0.231. The quantitative estimate of drug-likeness (QED) is 0.240. The number of hydrogen-bond acceptors (Lipinski definition) is 0. The van der Waals surface area contributed by atoms with Gasteiger partial charge in [0, 0.05) is 0 Å². The molecule has 0 aliphatic heterocycles. The molecule has 0 fully saturated rings. The average Bonchev–Trinajstić information content (AvgIpc) is 3.11. The Balaban J connectivity index is 0.000000960. The molecular weight excluding hydrogens is 554 g/mol. The Kier molecular flexibility index (Phi) is 8.81. The van der Waals surface area contributed by atoms with Crippen LogP contribution in [0.1, 0.15) is 31.7 Å². The molecule has 0 unspecified atom stereocenters. The average molecular weight is 573 g/mol. The third-order valence-corrected chi connectivity index (χ3v) is 4.53. The molecule has 1 radical (unpaired) electrons. The van der Waals surface area contributed by atoms with Gasteiger partial charge in [0.2, 0.25) is 0 Å². The van der Waals surface area contributed by atoms with Gasteiger partial charge in [-0.1, -0.05) is 78.6 Å². The van der Waals surface area contributed by atoms with Gasteiger partial charge in [0.25, 0.3) is 0 Å². The molecule has 0 amide bonds. The van der Waals surface area contributed by atoms with Crippen molar-refractivity contribution in [2.24, 2.45) is 0 Å². The summed E-state index contributed by atoms with van der Waals surface area (Å²) in [6.07, 6.45) is 8.10. The number of allylic oxidation sites excluding steroid dienone is 4. The molecule has 0 nitrogen and oxygen atoms in total. The minimum atomic E-state index is 0. The number of fused-ring (bicyclic) bond motifs is 3. The van der Waals surface area contributed by atoms with Crippen molar-refractivity contribution >= 4 is 27.1 Å². The Labute approximate surface area is 193 Å². The van der Waals surface area contributed by atoms with E-state index in [4.69, 9.17) is 0 Å². The van der Waals surface area contributed by atoms with Crippen LogP contribution in [0.15, 0.2) is 66.3 Å². The summed E-state index contributed by atoms with van der Waals surface area (Å²) in [5.74, 6) is 0. The molecule has 4 rings (SSSR count). The third-order valence-electron chi connectivity index (χ3n) is 4.53. The van der Waals surface area contributed by atoms with E-state index in [1.807, 2.05) is 0 Å². The number of halogens is 2. The molecule has 121 valence electrons. The molecule has 24 heavy (non-hydrogen) atoms. The Hall–Kier alpha value is -0.0357. The Bertz CT molecular complexity index is 887. The summed E-state index contributed by atoms with van der Waals surface area (Å²) in [7, 11) is 0. The Morgan fingerprint density at radius 1 is 0.958 bits per heavy atom. The molecule has 0 heterocycles. The summed E-state index contributed by atoms with van der Waals surface area (Å²) in [4.78, 5) is 0. The monoisotopic (exact) mass is 573 g/mol. The van der Waals surface area contributed by atoms with E-state index in [1.165, 1.54) is 51.1 Å². The third kappa shape index (κ3) is 3.87. The second-order valence-electron chi connectivity index (χ2n) is 5.86. The molecule has 3 aromatic carbocycles. The molecule has 3 aromatic rings. The van der Waals surface area contributed by atoms with Gasteiger partial charge in [0.15, 0.2) is 0 Å². The molecule has 0 bridgehead atoms. The molecule has 0 spiro atoms. The maximum absolute atomic E-state index is 2.36. The van der Waals surface area contributed by atoms with Crippen molar-refractivity contribution in [1.82, 2.24) is 0 Å². The summed E-state index contributed by atoms with van der Waals surface area (Å²) >= 11 is 0. The largest absolute Gasteiger partial charge is 3.00 e. The summed E-state index contributed by atoms with van der Waals surface area (Å²) in [6, 6.07) is 17.8. The topological polar surface area (TPSA) is 0 Å². The zero-order chi connectivity index (χ0) is 14.2. The number of hydrogen-bond donors (Lipinski definition) is 0.